The standard InChI is InChI=1S/C13H19N3O2/c1-5-6-7-9-8(2)14-11-10(9)12(17)16(4)13(18)15(11)3/h14H,5-7H2,1-4H3. The van der Waals surface area contributed by atoms with Crippen LogP contribution in [0.5, 0.6) is 0 Å². The van der Waals surface area contributed by atoms with E-state index >= 15 is 0 Å². The summed E-state index contributed by atoms with van der Waals surface area (Å²) in [5, 5.41) is 0.658. The molecule has 0 fully saturated rings. The van der Waals surface area contributed by atoms with E-state index in [9.17, 15) is 9.59 Å². The highest BCUT2D eigenvalue weighted by Crippen LogP contribution is 2.19. The highest BCUT2D eigenvalue weighted by atomic mass is 16.2. The van der Waals surface area contributed by atoms with E-state index in [2.05, 4.69) is 11.9 Å². The molecule has 0 aliphatic carbocycles. The molecule has 2 heterocycles. The minimum absolute atomic E-state index is 0.205. The topological polar surface area (TPSA) is 59.8 Å². The highest BCUT2D eigenvalue weighted by molar-refractivity contribution is 5.80. The van der Waals surface area contributed by atoms with Crippen LogP contribution in [0.2, 0.25) is 0 Å². The van der Waals surface area contributed by atoms with Crippen LogP contribution in [0.4, 0.5) is 0 Å². The van der Waals surface area contributed by atoms with E-state index in [1.54, 1.807) is 7.05 Å². The average Bonchev–Trinajstić information content (AvgIpc) is 2.68. The number of nitrogens with zero attached hydrogens (tertiary/aromatic N) is 2. The first-order valence-corrected chi connectivity index (χ1v) is 6.26. The van der Waals surface area contributed by atoms with E-state index < -0.39 is 0 Å². The van der Waals surface area contributed by atoms with Gasteiger partial charge in [-0.25, -0.2) is 4.79 Å². The van der Waals surface area contributed by atoms with Crippen LogP contribution in [-0.4, -0.2) is 14.1 Å². The molecule has 2 rings (SSSR count). The Balaban J connectivity index is 2.86. The van der Waals surface area contributed by atoms with Crippen molar-refractivity contribution in [3.63, 3.8) is 0 Å². The molecule has 2 aromatic rings. The Kier molecular flexibility index (Phi) is 3.15. The lowest BCUT2D eigenvalue weighted by Gasteiger charge is -2.04. The normalized spacial score (nSPS) is 11.3. The van der Waals surface area contributed by atoms with Crippen LogP contribution in [0.3, 0.4) is 0 Å². The number of nitrogens with one attached hydrogen (secondary N) is 1. The third-order valence-corrected chi connectivity index (χ3v) is 3.51. The van der Waals surface area contributed by atoms with E-state index in [-0.39, 0.29) is 11.2 Å². The molecular formula is C13H19N3O2. The van der Waals surface area contributed by atoms with Crippen molar-refractivity contribution in [3.8, 4) is 0 Å². The SMILES string of the molecule is CCCCc1c(C)[nH]c2c1c(=O)n(C)c(=O)n2C. The Morgan fingerprint density at radius 3 is 2.44 bits per heavy atom. The Bertz CT molecular complexity index is 704. The quantitative estimate of drug-likeness (QED) is 0.889. The molecule has 0 amide bonds. The third kappa shape index (κ3) is 1.70. The summed E-state index contributed by atoms with van der Waals surface area (Å²) in [6, 6.07) is 0. The summed E-state index contributed by atoms with van der Waals surface area (Å²) in [6.45, 7) is 4.08. The number of aromatic nitrogens is 3. The molecular weight excluding hydrogens is 230 g/mol. The number of fused-ring (bicyclic) bond motifs is 1. The molecule has 0 bridgehead atoms. The number of aromatic amines is 1. The number of aryl methyl sites for hydroxylation is 3. The van der Waals surface area contributed by atoms with Gasteiger partial charge in [-0.2, -0.15) is 0 Å². The molecule has 2 aromatic heterocycles. The second-order valence-electron chi connectivity index (χ2n) is 4.76. The van der Waals surface area contributed by atoms with Gasteiger partial charge in [0, 0.05) is 19.8 Å². The van der Waals surface area contributed by atoms with Gasteiger partial charge in [0.25, 0.3) is 5.56 Å². The predicted octanol–water partition coefficient (Wildman–Crippen LogP) is 1.22. The van der Waals surface area contributed by atoms with Gasteiger partial charge in [0.2, 0.25) is 0 Å². The van der Waals surface area contributed by atoms with Crippen LogP contribution in [0.25, 0.3) is 11.0 Å². The van der Waals surface area contributed by atoms with E-state index in [1.807, 2.05) is 6.92 Å². The average molecular weight is 249 g/mol. The maximum Gasteiger partial charge on any atom is 0.332 e. The molecule has 0 saturated carbocycles. The number of H-pyrrole nitrogens is 1. The number of unbranched alkanes of at least 4 members (excludes halogenated alkanes) is 1. The molecule has 0 aliphatic rings. The van der Waals surface area contributed by atoms with Crippen LogP contribution in [0, 0.1) is 6.92 Å². The smallest absolute Gasteiger partial charge is 0.332 e. The fraction of sp³-hybridized carbons (Fsp3) is 0.538. The number of hydrogen-bond acceptors (Lipinski definition) is 2. The summed E-state index contributed by atoms with van der Waals surface area (Å²) in [7, 11) is 3.21. The van der Waals surface area contributed by atoms with Gasteiger partial charge in [0.15, 0.2) is 0 Å². The lowest BCUT2D eigenvalue weighted by molar-refractivity contribution is 0.708. The number of rotatable bonds is 3. The van der Waals surface area contributed by atoms with Gasteiger partial charge < -0.3 is 4.98 Å². The van der Waals surface area contributed by atoms with Gasteiger partial charge in [0.1, 0.15) is 5.65 Å². The zero-order chi connectivity index (χ0) is 13.4. The molecule has 0 radical (unpaired) electrons. The fourth-order valence-electron chi connectivity index (χ4n) is 2.37. The summed E-state index contributed by atoms with van der Waals surface area (Å²) < 4.78 is 2.67. The molecule has 98 valence electrons. The lowest BCUT2D eigenvalue weighted by Crippen LogP contribution is -2.37. The van der Waals surface area contributed by atoms with Crippen molar-refractivity contribution in [3.05, 3.63) is 32.1 Å². The van der Waals surface area contributed by atoms with Crippen molar-refractivity contribution in [1.29, 1.82) is 0 Å². The summed E-state index contributed by atoms with van der Waals surface area (Å²) in [5.41, 5.74) is 2.16. The van der Waals surface area contributed by atoms with Crippen molar-refractivity contribution in [1.82, 2.24) is 14.1 Å². The van der Waals surface area contributed by atoms with Crippen LogP contribution in [0.1, 0.15) is 31.0 Å². The second-order valence-corrected chi connectivity index (χ2v) is 4.76. The Morgan fingerprint density at radius 1 is 1.17 bits per heavy atom. The largest absolute Gasteiger partial charge is 0.344 e. The van der Waals surface area contributed by atoms with Gasteiger partial charge in [-0.15, -0.1) is 0 Å². The first kappa shape index (κ1) is 12.7. The summed E-state index contributed by atoms with van der Waals surface area (Å²) in [6.07, 6.45) is 2.99. The van der Waals surface area contributed by atoms with E-state index in [4.69, 9.17) is 0 Å². The van der Waals surface area contributed by atoms with E-state index in [1.165, 1.54) is 16.2 Å². The summed E-state index contributed by atoms with van der Waals surface area (Å²) in [4.78, 5) is 27.2. The molecule has 0 aliphatic heterocycles. The maximum absolute atomic E-state index is 12.2. The van der Waals surface area contributed by atoms with Gasteiger partial charge in [-0.3, -0.25) is 13.9 Å². The van der Waals surface area contributed by atoms with Gasteiger partial charge >= 0.3 is 5.69 Å². The second kappa shape index (κ2) is 4.48. The highest BCUT2D eigenvalue weighted by Gasteiger charge is 2.16. The Morgan fingerprint density at radius 2 is 1.83 bits per heavy atom. The third-order valence-electron chi connectivity index (χ3n) is 3.51. The van der Waals surface area contributed by atoms with Crippen LogP contribution in [0.15, 0.2) is 9.59 Å². The molecule has 18 heavy (non-hydrogen) atoms. The van der Waals surface area contributed by atoms with Crippen molar-refractivity contribution < 1.29 is 0 Å². The molecule has 0 unspecified atom stereocenters. The van der Waals surface area contributed by atoms with E-state index in [0.29, 0.717) is 11.0 Å². The molecule has 5 nitrogen and oxygen atoms in total. The first-order valence-electron chi connectivity index (χ1n) is 6.26. The molecule has 1 N–H and O–H groups in total. The fourth-order valence-corrected chi connectivity index (χ4v) is 2.37. The molecule has 0 spiro atoms. The van der Waals surface area contributed by atoms with Crippen LogP contribution >= 0.6 is 0 Å². The first-order chi connectivity index (χ1) is 8.49. The zero-order valence-corrected chi connectivity index (χ0v) is 11.3. The van der Waals surface area contributed by atoms with Gasteiger partial charge in [-0.05, 0) is 25.3 Å². The lowest BCUT2D eigenvalue weighted by atomic mass is 10.1. The van der Waals surface area contributed by atoms with E-state index in [0.717, 1.165) is 30.5 Å². The molecule has 0 saturated heterocycles. The van der Waals surface area contributed by atoms with Crippen molar-refractivity contribution >= 4 is 11.0 Å². The maximum atomic E-state index is 12.2. The molecule has 0 atom stereocenters. The minimum atomic E-state index is -0.296. The van der Waals surface area contributed by atoms with Gasteiger partial charge in [-0.1, -0.05) is 13.3 Å². The summed E-state index contributed by atoms with van der Waals surface area (Å²) >= 11 is 0. The Labute approximate surface area is 105 Å². The van der Waals surface area contributed by atoms with Crippen LogP contribution < -0.4 is 11.2 Å². The van der Waals surface area contributed by atoms with Crippen LogP contribution in [-0.2, 0) is 20.5 Å². The molecule has 0 aromatic carbocycles. The van der Waals surface area contributed by atoms with Gasteiger partial charge in [0.05, 0.1) is 5.39 Å². The summed E-state index contributed by atoms with van der Waals surface area (Å²) in [5.74, 6) is 0. The minimum Gasteiger partial charge on any atom is -0.344 e. The molecule has 5 heteroatoms. The number of hydrogen-bond donors (Lipinski definition) is 1. The van der Waals surface area contributed by atoms with Crippen molar-refractivity contribution in [2.75, 3.05) is 0 Å². The van der Waals surface area contributed by atoms with Crippen molar-refractivity contribution in [2.45, 2.75) is 33.1 Å². The predicted molar refractivity (Wildman–Crippen MR) is 72.1 cm³/mol. The monoisotopic (exact) mass is 249 g/mol. The zero-order valence-electron chi connectivity index (χ0n) is 11.3. The Hall–Kier alpha value is -1.78. The van der Waals surface area contributed by atoms with Crippen molar-refractivity contribution in [2.24, 2.45) is 14.1 Å².